The first kappa shape index (κ1) is 12.0. The minimum atomic E-state index is -1.64. The maximum atomic E-state index is 10.3. The Morgan fingerprint density at radius 3 is 2.75 bits per heavy atom. The molecule has 0 radical (unpaired) electrons. The predicted molar refractivity (Wildman–Crippen MR) is 58.2 cm³/mol. The van der Waals surface area contributed by atoms with Crippen LogP contribution in [0.15, 0.2) is 23.3 Å². The fourth-order valence-electron chi connectivity index (χ4n) is 1.00. The van der Waals surface area contributed by atoms with Crippen LogP contribution in [0.4, 0.5) is 4.79 Å². The number of phenolic OH excluding ortho intramolecular Hbond substituents is 1. The van der Waals surface area contributed by atoms with Gasteiger partial charge in [-0.1, -0.05) is 6.07 Å². The number of rotatable bonds is 3. The molecule has 1 aromatic rings. The number of hydrogen-bond donors (Lipinski definition) is 5. The summed E-state index contributed by atoms with van der Waals surface area (Å²) in [6.45, 7) is 0. The van der Waals surface area contributed by atoms with Crippen LogP contribution >= 0.6 is 0 Å². The van der Waals surface area contributed by atoms with Crippen molar-refractivity contribution in [2.75, 3.05) is 0 Å². The molecule has 0 saturated carbocycles. The zero-order valence-corrected chi connectivity index (χ0v) is 8.16. The highest BCUT2D eigenvalue weighted by Crippen LogP contribution is 2.11. The lowest BCUT2D eigenvalue weighted by Gasteiger charge is -2.02. The van der Waals surface area contributed by atoms with Gasteiger partial charge in [0.15, 0.2) is 0 Å². The molecular weight excluding hydrogens is 213 g/mol. The van der Waals surface area contributed by atoms with Crippen molar-refractivity contribution in [1.29, 1.82) is 0 Å². The van der Waals surface area contributed by atoms with Crippen molar-refractivity contribution in [2.45, 2.75) is 0 Å². The highest BCUT2D eigenvalue weighted by Gasteiger charge is 2.12. The van der Waals surface area contributed by atoms with E-state index >= 15 is 0 Å². The second kappa shape index (κ2) is 5.15. The molecule has 0 unspecified atom stereocenters. The molecule has 6 N–H and O–H groups in total. The molecule has 0 saturated heterocycles. The van der Waals surface area contributed by atoms with Gasteiger partial charge in [-0.15, -0.1) is 0 Å². The number of carbonyl (C=O) groups excluding carboxylic acids is 1. The number of nitrogens with one attached hydrogen (secondary N) is 1. The molecule has 16 heavy (non-hydrogen) atoms. The molecule has 1 aromatic carbocycles. The van der Waals surface area contributed by atoms with E-state index in [2.05, 4.69) is 5.10 Å². The average Bonchev–Trinajstić information content (AvgIpc) is 2.20. The third-order valence-corrected chi connectivity index (χ3v) is 1.73. The fourth-order valence-corrected chi connectivity index (χ4v) is 1.00. The number of urea groups is 1. The lowest BCUT2D eigenvalue weighted by molar-refractivity contribution is 0.249. The van der Waals surface area contributed by atoms with Crippen molar-refractivity contribution < 1.29 is 19.9 Å². The number of primary amides is 1. The zero-order valence-electron chi connectivity index (χ0n) is 8.16. The Morgan fingerprint density at radius 2 is 2.19 bits per heavy atom. The van der Waals surface area contributed by atoms with Crippen molar-refractivity contribution in [3.8, 4) is 5.75 Å². The Morgan fingerprint density at radius 1 is 1.50 bits per heavy atom. The third-order valence-electron chi connectivity index (χ3n) is 1.73. The lowest BCUT2D eigenvalue weighted by Crippen LogP contribution is -2.30. The topological polar surface area (TPSA) is 128 Å². The molecule has 0 fully saturated rings. The minimum absolute atomic E-state index is 0.112. The standard InChI is InChI=1S/C8H10BN3O4/c10-8(14)12-11-4-5-3-6(9(15)16)1-2-7(5)13/h1-4,13,15-16H,(H3,10,12,14). The molecule has 0 aromatic heterocycles. The second-order valence-electron chi connectivity index (χ2n) is 2.93. The first-order chi connectivity index (χ1) is 7.50. The maximum Gasteiger partial charge on any atom is 0.488 e. The second-order valence-corrected chi connectivity index (χ2v) is 2.93. The number of aromatic hydroxyl groups is 1. The van der Waals surface area contributed by atoms with Crippen LogP contribution in [0, 0.1) is 0 Å². The van der Waals surface area contributed by atoms with Crippen LogP contribution in [0.25, 0.3) is 0 Å². The number of nitrogens with two attached hydrogens (primary N) is 1. The van der Waals surface area contributed by atoms with Crippen molar-refractivity contribution >= 4 is 24.8 Å². The van der Waals surface area contributed by atoms with Crippen molar-refractivity contribution in [3.05, 3.63) is 23.8 Å². The molecule has 0 aliphatic carbocycles. The van der Waals surface area contributed by atoms with Crippen LogP contribution in [0.3, 0.4) is 0 Å². The van der Waals surface area contributed by atoms with Gasteiger partial charge in [0.2, 0.25) is 0 Å². The Bertz CT molecular complexity index is 422. The van der Waals surface area contributed by atoms with Gasteiger partial charge in [0.25, 0.3) is 0 Å². The maximum absolute atomic E-state index is 10.3. The van der Waals surface area contributed by atoms with Gasteiger partial charge in [-0.2, -0.15) is 5.10 Å². The van der Waals surface area contributed by atoms with E-state index in [0.717, 1.165) is 6.21 Å². The number of nitrogens with zero attached hydrogens (tertiary/aromatic N) is 1. The number of carbonyl (C=O) groups is 1. The molecule has 1 rings (SSSR count). The van der Waals surface area contributed by atoms with Gasteiger partial charge in [0.1, 0.15) is 5.75 Å². The first-order valence-corrected chi connectivity index (χ1v) is 4.28. The van der Waals surface area contributed by atoms with Crippen LogP contribution in [0.2, 0.25) is 0 Å². The number of hydrazone groups is 1. The van der Waals surface area contributed by atoms with E-state index in [1.165, 1.54) is 18.2 Å². The lowest BCUT2D eigenvalue weighted by atomic mass is 9.79. The molecule has 8 heteroatoms. The van der Waals surface area contributed by atoms with E-state index in [1.807, 2.05) is 5.43 Å². The quantitative estimate of drug-likeness (QED) is 0.232. The van der Waals surface area contributed by atoms with Crippen molar-refractivity contribution in [1.82, 2.24) is 5.43 Å². The summed E-state index contributed by atoms with van der Waals surface area (Å²) >= 11 is 0. The van der Waals surface area contributed by atoms with Gasteiger partial charge in [0, 0.05) is 5.56 Å². The van der Waals surface area contributed by atoms with E-state index in [0.29, 0.717) is 0 Å². The van der Waals surface area contributed by atoms with Gasteiger partial charge in [-0.05, 0) is 17.6 Å². The Labute approximate surface area is 91.4 Å². The Kier molecular flexibility index (Phi) is 3.86. The van der Waals surface area contributed by atoms with E-state index in [4.69, 9.17) is 15.8 Å². The normalized spacial score (nSPS) is 10.4. The summed E-state index contributed by atoms with van der Waals surface area (Å²) in [6, 6.07) is 3.10. The molecule has 0 atom stereocenters. The number of hydrogen-bond acceptors (Lipinski definition) is 5. The Balaban J connectivity index is 2.90. The summed E-state index contributed by atoms with van der Waals surface area (Å²) in [6.07, 6.45) is 1.13. The highest BCUT2D eigenvalue weighted by molar-refractivity contribution is 6.58. The summed E-state index contributed by atoms with van der Waals surface area (Å²) in [5.41, 5.74) is 7.12. The number of phenols is 1. The predicted octanol–water partition coefficient (Wildman–Crippen LogP) is -1.93. The first-order valence-electron chi connectivity index (χ1n) is 4.28. The van der Waals surface area contributed by atoms with Gasteiger partial charge in [-0.25, -0.2) is 10.2 Å². The highest BCUT2D eigenvalue weighted by atomic mass is 16.4. The number of amides is 2. The summed E-state index contributed by atoms with van der Waals surface area (Å²) < 4.78 is 0. The molecule has 84 valence electrons. The van der Waals surface area contributed by atoms with Crippen LogP contribution in [0.1, 0.15) is 5.56 Å². The van der Waals surface area contributed by atoms with Gasteiger partial charge >= 0.3 is 13.1 Å². The van der Waals surface area contributed by atoms with E-state index in [9.17, 15) is 9.90 Å². The van der Waals surface area contributed by atoms with Crippen molar-refractivity contribution in [2.24, 2.45) is 10.8 Å². The monoisotopic (exact) mass is 223 g/mol. The molecular formula is C8H10BN3O4. The Hall–Kier alpha value is -2.06. The van der Waals surface area contributed by atoms with Gasteiger partial charge in [-0.3, -0.25) is 0 Å². The van der Waals surface area contributed by atoms with Crippen LogP contribution < -0.4 is 16.6 Å². The van der Waals surface area contributed by atoms with Crippen LogP contribution in [-0.2, 0) is 0 Å². The SMILES string of the molecule is NC(=O)NN=Cc1cc(B(O)O)ccc1O. The molecule has 0 spiro atoms. The zero-order chi connectivity index (χ0) is 12.1. The summed E-state index contributed by atoms with van der Waals surface area (Å²) in [5.74, 6) is -0.112. The largest absolute Gasteiger partial charge is 0.507 e. The summed E-state index contributed by atoms with van der Waals surface area (Å²) in [5, 5.41) is 30.6. The molecule has 0 bridgehead atoms. The molecule has 0 aliphatic heterocycles. The summed E-state index contributed by atoms with van der Waals surface area (Å²) in [7, 11) is -1.64. The minimum Gasteiger partial charge on any atom is -0.507 e. The third kappa shape index (κ3) is 3.26. The van der Waals surface area contributed by atoms with E-state index in [1.54, 1.807) is 0 Å². The van der Waals surface area contributed by atoms with Crippen molar-refractivity contribution in [3.63, 3.8) is 0 Å². The van der Waals surface area contributed by atoms with E-state index < -0.39 is 13.1 Å². The van der Waals surface area contributed by atoms with Crippen LogP contribution in [0.5, 0.6) is 5.75 Å². The van der Waals surface area contributed by atoms with Gasteiger partial charge < -0.3 is 20.9 Å². The molecule has 7 nitrogen and oxygen atoms in total. The average molecular weight is 223 g/mol. The number of benzene rings is 1. The fraction of sp³-hybridized carbons (Fsp3) is 0. The van der Waals surface area contributed by atoms with Gasteiger partial charge in [0.05, 0.1) is 6.21 Å². The molecule has 2 amide bonds. The van der Waals surface area contributed by atoms with Crippen LogP contribution in [-0.4, -0.2) is 34.5 Å². The summed E-state index contributed by atoms with van der Waals surface area (Å²) in [4.78, 5) is 10.3. The smallest absolute Gasteiger partial charge is 0.488 e. The molecule has 0 aliphatic rings. The molecule has 0 heterocycles. The van der Waals surface area contributed by atoms with E-state index in [-0.39, 0.29) is 16.8 Å².